The molecule has 1 aliphatic heterocycles. The molecule has 20 heavy (non-hydrogen) atoms. The molecule has 1 aromatic rings. The summed E-state index contributed by atoms with van der Waals surface area (Å²) in [4.78, 5) is 0.260. The molecule has 0 aliphatic carbocycles. The highest BCUT2D eigenvalue weighted by Gasteiger charge is 2.27. The Kier molecular flexibility index (Phi) is 5.29. The zero-order valence-electron chi connectivity index (χ0n) is 11.6. The van der Waals surface area contributed by atoms with Crippen LogP contribution >= 0.6 is 11.6 Å². The monoisotopic (exact) mass is 317 g/mol. The van der Waals surface area contributed by atoms with Crippen LogP contribution in [-0.2, 0) is 10.0 Å². The van der Waals surface area contributed by atoms with Gasteiger partial charge in [0.15, 0.2) is 0 Å². The van der Waals surface area contributed by atoms with Crippen molar-refractivity contribution in [3.05, 3.63) is 23.2 Å². The molecule has 1 saturated heterocycles. The Labute approximate surface area is 125 Å². The van der Waals surface area contributed by atoms with Crippen molar-refractivity contribution in [3.8, 4) is 5.75 Å². The van der Waals surface area contributed by atoms with E-state index in [0.717, 1.165) is 25.7 Å². The van der Waals surface area contributed by atoms with Crippen molar-refractivity contribution in [2.45, 2.75) is 37.5 Å². The maximum absolute atomic E-state index is 12.5. The SMILES string of the molecule is CCCCOc1cc(S(=O)(=O)N2CCCC2)ccc1Cl. The van der Waals surface area contributed by atoms with Gasteiger partial charge in [0.05, 0.1) is 16.5 Å². The number of hydrogen-bond donors (Lipinski definition) is 0. The molecular weight excluding hydrogens is 298 g/mol. The Balaban J connectivity index is 2.21. The summed E-state index contributed by atoms with van der Waals surface area (Å²) in [5.41, 5.74) is 0. The van der Waals surface area contributed by atoms with Crippen molar-refractivity contribution in [3.63, 3.8) is 0 Å². The van der Waals surface area contributed by atoms with Crippen LogP contribution in [0.2, 0.25) is 5.02 Å². The van der Waals surface area contributed by atoms with Crippen LogP contribution < -0.4 is 4.74 Å². The molecule has 0 N–H and O–H groups in total. The molecular formula is C14H20ClNO3S. The van der Waals surface area contributed by atoms with E-state index in [1.165, 1.54) is 10.4 Å². The summed E-state index contributed by atoms with van der Waals surface area (Å²) in [5, 5.41) is 0.446. The molecule has 0 saturated carbocycles. The summed E-state index contributed by atoms with van der Waals surface area (Å²) in [5.74, 6) is 0.445. The van der Waals surface area contributed by atoms with Gasteiger partial charge in [0, 0.05) is 19.2 Å². The first-order chi connectivity index (χ1) is 9.55. The van der Waals surface area contributed by atoms with Crippen LogP contribution in [-0.4, -0.2) is 32.4 Å². The van der Waals surface area contributed by atoms with Crippen LogP contribution in [0.15, 0.2) is 23.1 Å². The Morgan fingerprint density at radius 3 is 2.65 bits per heavy atom. The summed E-state index contributed by atoms with van der Waals surface area (Å²) in [6, 6.07) is 4.67. The lowest BCUT2D eigenvalue weighted by Gasteiger charge is -2.16. The maximum Gasteiger partial charge on any atom is 0.243 e. The minimum absolute atomic E-state index is 0.260. The molecule has 0 aromatic heterocycles. The van der Waals surface area contributed by atoms with Crippen molar-refractivity contribution < 1.29 is 13.2 Å². The van der Waals surface area contributed by atoms with Crippen molar-refractivity contribution in [2.24, 2.45) is 0 Å². The fraction of sp³-hybridized carbons (Fsp3) is 0.571. The quantitative estimate of drug-likeness (QED) is 0.756. The zero-order valence-corrected chi connectivity index (χ0v) is 13.2. The average molecular weight is 318 g/mol. The zero-order chi connectivity index (χ0) is 14.6. The third-order valence-corrected chi connectivity index (χ3v) is 5.57. The molecule has 1 heterocycles. The molecule has 112 valence electrons. The normalized spacial score (nSPS) is 16.5. The fourth-order valence-electron chi connectivity index (χ4n) is 2.16. The van der Waals surface area contributed by atoms with Crippen molar-refractivity contribution in [1.29, 1.82) is 0 Å². The second-order valence-corrected chi connectivity index (χ2v) is 7.25. The molecule has 1 aromatic carbocycles. The molecule has 1 aliphatic rings. The van der Waals surface area contributed by atoms with E-state index >= 15 is 0 Å². The van der Waals surface area contributed by atoms with Crippen LogP contribution in [0.1, 0.15) is 32.6 Å². The first-order valence-electron chi connectivity index (χ1n) is 6.98. The Morgan fingerprint density at radius 1 is 1.30 bits per heavy atom. The highest BCUT2D eigenvalue weighted by atomic mass is 35.5. The predicted octanol–water partition coefficient (Wildman–Crippen LogP) is 3.30. The summed E-state index contributed by atoms with van der Waals surface area (Å²) in [6.45, 7) is 3.80. The van der Waals surface area contributed by atoms with Gasteiger partial charge in [0.2, 0.25) is 10.0 Å². The Bertz CT molecular complexity index is 554. The molecule has 6 heteroatoms. The van der Waals surface area contributed by atoms with Crippen LogP contribution in [0.25, 0.3) is 0 Å². The van der Waals surface area contributed by atoms with E-state index in [2.05, 4.69) is 6.92 Å². The van der Waals surface area contributed by atoms with E-state index in [0.29, 0.717) is 30.5 Å². The van der Waals surface area contributed by atoms with Crippen LogP contribution in [0.3, 0.4) is 0 Å². The van der Waals surface area contributed by atoms with Gasteiger partial charge in [0.1, 0.15) is 5.75 Å². The van der Waals surface area contributed by atoms with Gasteiger partial charge < -0.3 is 4.74 Å². The lowest BCUT2D eigenvalue weighted by atomic mass is 10.3. The van der Waals surface area contributed by atoms with E-state index in [-0.39, 0.29) is 4.90 Å². The summed E-state index contributed by atoms with van der Waals surface area (Å²) in [6.07, 6.45) is 3.78. The van der Waals surface area contributed by atoms with Crippen LogP contribution in [0.5, 0.6) is 5.75 Å². The maximum atomic E-state index is 12.5. The highest BCUT2D eigenvalue weighted by Crippen LogP contribution is 2.30. The van der Waals surface area contributed by atoms with Crippen molar-refractivity contribution >= 4 is 21.6 Å². The largest absolute Gasteiger partial charge is 0.492 e. The number of unbranched alkanes of at least 4 members (excludes halogenated alkanes) is 1. The molecule has 0 atom stereocenters. The van der Waals surface area contributed by atoms with Gasteiger partial charge in [0.25, 0.3) is 0 Å². The van der Waals surface area contributed by atoms with Crippen LogP contribution in [0, 0.1) is 0 Å². The molecule has 0 amide bonds. The minimum Gasteiger partial charge on any atom is -0.492 e. The Hall–Kier alpha value is -0.780. The summed E-state index contributed by atoms with van der Waals surface area (Å²) < 4.78 is 32.0. The number of rotatable bonds is 6. The van der Waals surface area contributed by atoms with Crippen molar-refractivity contribution in [1.82, 2.24) is 4.31 Å². The molecule has 1 fully saturated rings. The highest BCUT2D eigenvalue weighted by molar-refractivity contribution is 7.89. The van der Waals surface area contributed by atoms with Crippen LogP contribution in [0.4, 0.5) is 0 Å². The van der Waals surface area contributed by atoms with E-state index in [1.54, 1.807) is 12.1 Å². The average Bonchev–Trinajstić information content (AvgIpc) is 2.95. The lowest BCUT2D eigenvalue weighted by Crippen LogP contribution is -2.27. The first kappa shape index (κ1) is 15.6. The van der Waals surface area contributed by atoms with Gasteiger partial charge in [-0.1, -0.05) is 24.9 Å². The van der Waals surface area contributed by atoms with Gasteiger partial charge in [-0.15, -0.1) is 0 Å². The van der Waals surface area contributed by atoms with Gasteiger partial charge in [-0.2, -0.15) is 4.31 Å². The number of ether oxygens (including phenoxy) is 1. The topological polar surface area (TPSA) is 46.6 Å². The predicted molar refractivity (Wildman–Crippen MR) is 79.8 cm³/mol. The first-order valence-corrected chi connectivity index (χ1v) is 8.80. The summed E-state index contributed by atoms with van der Waals surface area (Å²) in [7, 11) is -3.41. The molecule has 0 spiro atoms. The molecule has 0 radical (unpaired) electrons. The molecule has 2 rings (SSSR count). The molecule has 0 bridgehead atoms. The fourth-order valence-corrected chi connectivity index (χ4v) is 3.86. The molecule has 4 nitrogen and oxygen atoms in total. The van der Waals surface area contributed by atoms with Gasteiger partial charge >= 0.3 is 0 Å². The molecule has 0 unspecified atom stereocenters. The number of hydrogen-bond acceptors (Lipinski definition) is 3. The van der Waals surface area contributed by atoms with E-state index in [4.69, 9.17) is 16.3 Å². The third kappa shape index (κ3) is 3.45. The Morgan fingerprint density at radius 2 is 2.00 bits per heavy atom. The second kappa shape index (κ2) is 6.78. The standard InChI is InChI=1S/C14H20ClNO3S/c1-2-3-10-19-14-11-12(6-7-13(14)15)20(17,18)16-8-4-5-9-16/h6-7,11H,2-5,8-10H2,1H3. The summed E-state index contributed by atoms with van der Waals surface area (Å²) >= 11 is 6.05. The minimum atomic E-state index is -3.41. The van der Waals surface area contributed by atoms with Gasteiger partial charge in [-0.25, -0.2) is 8.42 Å². The van der Waals surface area contributed by atoms with Crippen molar-refractivity contribution in [2.75, 3.05) is 19.7 Å². The number of sulfonamides is 1. The lowest BCUT2D eigenvalue weighted by molar-refractivity contribution is 0.308. The third-order valence-electron chi connectivity index (χ3n) is 3.36. The number of nitrogens with zero attached hydrogens (tertiary/aromatic N) is 1. The number of halogens is 1. The number of benzene rings is 1. The smallest absolute Gasteiger partial charge is 0.243 e. The van der Waals surface area contributed by atoms with E-state index in [1.807, 2.05) is 0 Å². The second-order valence-electron chi connectivity index (χ2n) is 4.91. The van der Waals surface area contributed by atoms with Gasteiger partial charge in [-0.05, 0) is 31.4 Å². The van der Waals surface area contributed by atoms with E-state index in [9.17, 15) is 8.42 Å². The van der Waals surface area contributed by atoms with E-state index < -0.39 is 10.0 Å². The van der Waals surface area contributed by atoms with Gasteiger partial charge in [-0.3, -0.25) is 0 Å².